The van der Waals surface area contributed by atoms with Crippen LogP contribution in [0.2, 0.25) is 0 Å². The SMILES string of the molecule is O=C(CN1C(=O)c2ccccc2Nc2ccccc21)NCc1ccccc1. The third kappa shape index (κ3) is 3.53. The molecule has 5 nitrogen and oxygen atoms in total. The van der Waals surface area contributed by atoms with E-state index in [0.717, 1.165) is 16.9 Å². The van der Waals surface area contributed by atoms with Gasteiger partial charge in [-0.15, -0.1) is 0 Å². The molecule has 0 saturated heterocycles. The summed E-state index contributed by atoms with van der Waals surface area (Å²) in [6.45, 7) is 0.386. The van der Waals surface area contributed by atoms with E-state index in [2.05, 4.69) is 10.6 Å². The number of hydrogen-bond acceptors (Lipinski definition) is 3. The van der Waals surface area contributed by atoms with Gasteiger partial charge in [0.05, 0.1) is 22.6 Å². The fraction of sp³-hybridized carbons (Fsp3) is 0.0909. The molecule has 3 aromatic rings. The van der Waals surface area contributed by atoms with Gasteiger partial charge in [-0.3, -0.25) is 14.5 Å². The summed E-state index contributed by atoms with van der Waals surface area (Å²) in [6.07, 6.45) is 0. The van der Waals surface area contributed by atoms with Crippen molar-refractivity contribution in [2.24, 2.45) is 0 Å². The molecule has 0 fully saturated rings. The fourth-order valence-electron chi connectivity index (χ4n) is 3.15. The molecule has 1 aliphatic rings. The number of carbonyl (C=O) groups excluding carboxylic acids is 2. The lowest BCUT2D eigenvalue weighted by Crippen LogP contribution is -2.40. The predicted octanol–water partition coefficient (Wildman–Crippen LogP) is 3.71. The molecule has 27 heavy (non-hydrogen) atoms. The van der Waals surface area contributed by atoms with Crippen molar-refractivity contribution >= 4 is 28.9 Å². The van der Waals surface area contributed by atoms with Crippen molar-refractivity contribution in [3.8, 4) is 0 Å². The number of para-hydroxylation sites is 3. The molecule has 1 heterocycles. The molecule has 134 valence electrons. The highest BCUT2D eigenvalue weighted by molar-refractivity contribution is 6.15. The summed E-state index contributed by atoms with van der Waals surface area (Å²) in [6, 6.07) is 24.5. The highest BCUT2D eigenvalue weighted by Gasteiger charge is 2.27. The molecular formula is C22H19N3O2. The number of nitrogens with one attached hydrogen (secondary N) is 2. The van der Waals surface area contributed by atoms with Gasteiger partial charge in [0, 0.05) is 6.54 Å². The molecule has 0 spiro atoms. The standard InChI is InChI=1S/C22H19N3O2/c26-21(23-14-16-8-2-1-3-9-16)15-25-20-13-7-6-12-19(20)24-18-11-5-4-10-17(18)22(25)27/h1-13,24H,14-15H2,(H,23,26). The van der Waals surface area contributed by atoms with Crippen molar-refractivity contribution in [1.82, 2.24) is 5.32 Å². The molecule has 0 atom stereocenters. The summed E-state index contributed by atoms with van der Waals surface area (Å²) < 4.78 is 0. The van der Waals surface area contributed by atoms with Gasteiger partial charge in [0.25, 0.3) is 5.91 Å². The Kier molecular flexibility index (Phi) is 4.58. The lowest BCUT2D eigenvalue weighted by molar-refractivity contribution is -0.119. The Hall–Kier alpha value is -3.60. The van der Waals surface area contributed by atoms with Crippen LogP contribution in [0.15, 0.2) is 78.9 Å². The molecule has 0 unspecified atom stereocenters. The molecule has 1 aliphatic heterocycles. The second kappa shape index (κ2) is 7.33. The third-order valence-electron chi connectivity index (χ3n) is 4.50. The van der Waals surface area contributed by atoms with Crippen molar-refractivity contribution in [2.45, 2.75) is 6.54 Å². The zero-order chi connectivity index (χ0) is 18.6. The average Bonchev–Trinajstić information content (AvgIpc) is 2.82. The van der Waals surface area contributed by atoms with Crippen LogP contribution in [0.4, 0.5) is 17.1 Å². The number of rotatable bonds is 4. The second-order valence-electron chi connectivity index (χ2n) is 6.34. The predicted molar refractivity (Wildman–Crippen MR) is 106 cm³/mol. The Morgan fingerprint density at radius 1 is 0.852 bits per heavy atom. The summed E-state index contributed by atoms with van der Waals surface area (Å²) in [5.74, 6) is -0.403. The lowest BCUT2D eigenvalue weighted by Gasteiger charge is -2.22. The van der Waals surface area contributed by atoms with Crippen LogP contribution in [0.3, 0.4) is 0 Å². The molecule has 2 amide bonds. The van der Waals surface area contributed by atoms with Crippen LogP contribution in [0.25, 0.3) is 0 Å². The van der Waals surface area contributed by atoms with Gasteiger partial charge in [-0.2, -0.15) is 0 Å². The first-order valence-corrected chi connectivity index (χ1v) is 8.80. The molecule has 4 rings (SSSR count). The third-order valence-corrected chi connectivity index (χ3v) is 4.50. The topological polar surface area (TPSA) is 61.4 Å². The highest BCUT2D eigenvalue weighted by atomic mass is 16.2. The maximum absolute atomic E-state index is 13.1. The minimum atomic E-state index is -0.207. The summed E-state index contributed by atoms with van der Waals surface area (Å²) in [7, 11) is 0. The Bertz CT molecular complexity index is 986. The number of nitrogens with zero attached hydrogens (tertiary/aromatic N) is 1. The number of benzene rings is 3. The van der Waals surface area contributed by atoms with Gasteiger partial charge in [0.2, 0.25) is 5.91 Å². The summed E-state index contributed by atoms with van der Waals surface area (Å²) in [5, 5.41) is 6.19. The van der Waals surface area contributed by atoms with E-state index in [-0.39, 0.29) is 18.4 Å². The van der Waals surface area contributed by atoms with Crippen molar-refractivity contribution in [3.05, 3.63) is 90.0 Å². The van der Waals surface area contributed by atoms with Gasteiger partial charge in [-0.25, -0.2) is 0 Å². The lowest BCUT2D eigenvalue weighted by atomic mass is 10.1. The minimum absolute atomic E-state index is 0.0430. The van der Waals surface area contributed by atoms with Crippen LogP contribution >= 0.6 is 0 Å². The summed E-state index contributed by atoms with van der Waals surface area (Å²) >= 11 is 0. The highest BCUT2D eigenvalue weighted by Crippen LogP contribution is 2.35. The quantitative estimate of drug-likeness (QED) is 0.748. The molecule has 0 aromatic heterocycles. The Morgan fingerprint density at radius 3 is 2.33 bits per heavy atom. The van der Waals surface area contributed by atoms with Gasteiger partial charge in [0.15, 0.2) is 0 Å². The Labute approximate surface area is 157 Å². The Morgan fingerprint density at radius 2 is 1.52 bits per heavy atom. The van der Waals surface area contributed by atoms with Crippen LogP contribution in [-0.2, 0) is 11.3 Å². The number of amides is 2. The fourth-order valence-corrected chi connectivity index (χ4v) is 3.15. The van der Waals surface area contributed by atoms with E-state index in [0.29, 0.717) is 17.8 Å². The van der Waals surface area contributed by atoms with Crippen LogP contribution in [0.5, 0.6) is 0 Å². The van der Waals surface area contributed by atoms with Crippen molar-refractivity contribution in [1.29, 1.82) is 0 Å². The summed E-state index contributed by atoms with van der Waals surface area (Å²) in [4.78, 5) is 27.2. The zero-order valence-corrected chi connectivity index (χ0v) is 14.7. The normalized spacial score (nSPS) is 12.4. The van der Waals surface area contributed by atoms with Crippen LogP contribution in [-0.4, -0.2) is 18.4 Å². The zero-order valence-electron chi connectivity index (χ0n) is 14.7. The average molecular weight is 357 g/mol. The first-order valence-electron chi connectivity index (χ1n) is 8.80. The van der Waals surface area contributed by atoms with Crippen molar-refractivity contribution < 1.29 is 9.59 Å². The first kappa shape index (κ1) is 16.8. The van der Waals surface area contributed by atoms with Gasteiger partial charge < -0.3 is 10.6 Å². The maximum atomic E-state index is 13.1. The molecular weight excluding hydrogens is 338 g/mol. The minimum Gasteiger partial charge on any atom is -0.353 e. The molecule has 3 aromatic carbocycles. The van der Waals surface area contributed by atoms with Crippen molar-refractivity contribution in [2.75, 3.05) is 16.8 Å². The van der Waals surface area contributed by atoms with Gasteiger partial charge >= 0.3 is 0 Å². The van der Waals surface area contributed by atoms with Crippen molar-refractivity contribution in [3.63, 3.8) is 0 Å². The van der Waals surface area contributed by atoms with Gasteiger partial charge in [-0.1, -0.05) is 54.6 Å². The second-order valence-corrected chi connectivity index (χ2v) is 6.34. The number of carbonyl (C=O) groups is 2. The van der Waals surface area contributed by atoms with Gasteiger partial charge in [0.1, 0.15) is 6.54 Å². The van der Waals surface area contributed by atoms with E-state index in [9.17, 15) is 9.59 Å². The monoisotopic (exact) mass is 357 g/mol. The molecule has 2 N–H and O–H groups in total. The Balaban J connectivity index is 1.59. The van der Waals surface area contributed by atoms with E-state index >= 15 is 0 Å². The van der Waals surface area contributed by atoms with Crippen LogP contribution < -0.4 is 15.5 Å². The largest absolute Gasteiger partial charge is 0.353 e. The number of anilines is 3. The maximum Gasteiger partial charge on any atom is 0.260 e. The molecule has 0 radical (unpaired) electrons. The molecule has 0 aliphatic carbocycles. The van der Waals surface area contributed by atoms with E-state index in [1.165, 1.54) is 4.90 Å². The van der Waals surface area contributed by atoms with E-state index in [4.69, 9.17) is 0 Å². The van der Waals surface area contributed by atoms with Crippen LogP contribution in [0, 0.1) is 0 Å². The molecule has 5 heteroatoms. The summed E-state index contributed by atoms with van der Waals surface area (Å²) in [5.41, 5.74) is 3.78. The van der Waals surface area contributed by atoms with E-state index in [1.807, 2.05) is 72.8 Å². The first-order chi connectivity index (χ1) is 13.2. The molecule has 0 bridgehead atoms. The van der Waals surface area contributed by atoms with E-state index in [1.54, 1.807) is 6.07 Å². The van der Waals surface area contributed by atoms with Crippen LogP contribution in [0.1, 0.15) is 15.9 Å². The number of fused-ring (bicyclic) bond motifs is 2. The molecule has 0 saturated carbocycles. The smallest absolute Gasteiger partial charge is 0.260 e. The van der Waals surface area contributed by atoms with Gasteiger partial charge in [-0.05, 0) is 29.8 Å². The number of hydrogen-bond donors (Lipinski definition) is 2. The van der Waals surface area contributed by atoms with E-state index < -0.39 is 0 Å².